The minimum Gasteiger partial charge on any atom is -0.481 e. The summed E-state index contributed by atoms with van der Waals surface area (Å²) in [6.45, 7) is -0.241. The lowest BCUT2D eigenvalue weighted by atomic mass is 10.0. The number of halogens is 3. The Morgan fingerprint density at radius 1 is 1.00 bits per heavy atom. The third-order valence-corrected chi connectivity index (χ3v) is 7.09. The molecule has 15 heteroatoms. The standard InChI is InChI=1S/C27H22Cl2FN5O7/c28-20-8-7-18(13-21(20)29)31-27(40)34-10-9-33(26(39)16-4-1-5-17(30)11-16)25(34)24(38)32-22(14-23(36)37)15-3-2-6-19(12-15)35(41)42/h1-8,11-13,22,25H,9-10,14H2,(H,31,40)(H,32,38)(H,36,37). The first kappa shape index (κ1) is 30.2. The van der Waals surface area contributed by atoms with Crippen molar-refractivity contribution in [2.45, 2.75) is 18.6 Å². The molecule has 1 aliphatic heterocycles. The van der Waals surface area contributed by atoms with E-state index in [4.69, 9.17) is 23.2 Å². The fraction of sp³-hybridized carbons (Fsp3) is 0.185. The Labute approximate surface area is 247 Å². The van der Waals surface area contributed by atoms with Crippen LogP contribution in [0.25, 0.3) is 0 Å². The van der Waals surface area contributed by atoms with Crippen molar-refractivity contribution < 1.29 is 33.6 Å². The molecule has 0 aliphatic carbocycles. The highest BCUT2D eigenvalue weighted by molar-refractivity contribution is 6.42. The summed E-state index contributed by atoms with van der Waals surface area (Å²) in [5.41, 5.74) is -0.0552. The van der Waals surface area contributed by atoms with Gasteiger partial charge in [0.25, 0.3) is 17.5 Å². The maximum absolute atomic E-state index is 13.9. The summed E-state index contributed by atoms with van der Waals surface area (Å²) in [7, 11) is 0. The van der Waals surface area contributed by atoms with Crippen LogP contribution in [0.3, 0.4) is 0 Å². The van der Waals surface area contributed by atoms with Crippen molar-refractivity contribution in [3.8, 4) is 0 Å². The molecule has 0 aromatic heterocycles. The molecule has 3 aromatic rings. The Kier molecular flexibility index (Phi) is 9.23. The highest BCUT2D eigenvalue weighted by Crippen LogP contribution is 2.27. The number of anilines is 1. The Balaban J connectivity index is 1.67. The van der Waals surface area contributed by atoms with Gasteiger partial charge in [0, 0.05) is 36.5 Å². The van der Waals surface area contributed by atoms with E-state index in [0.717, 1.165) is 28.0 Å². The van der Waals surface area contributed by atoms with Gasteiger partial charge in [-0.25, -0.2) is 9.18 Å². The lowest BCUT2D eigenvalue weighted by Crippen LogP contribution is -2.55. The van der Waals surface area contributed by atoms with E-state index in [9.17, 15) is 38.8 Å². The molecule has 3 aromatic carbocycles. The molecule has 0 spiro atoms. The number of non-ortho nitro benzene ring substituents is 1. The number of aliphatic carboxylic acids is 1. The van der Waals surface area contributed by atoms with Gasteiger partial charge < -0.3 is 20.6 Å². The number of carboxylic acids is 1. The monoisotopic (exact) mass is 617 g/mol. The molecule has 1 heterocycles. The Bertz CT molecular complexity index is 1570. The predicted molar refractivity (Wildman–Crippen MR) is 150 cm³/mol. The minimum absolute atomic E-state index is 0.0830. The molecule has 3 N–H and O–H groups in total. The molecule has 12 nitrogen and oxygen atoms in total. The van der Waals surface area contributed by atoms with Crippen LogP contribution in [0, 0.1) is 15.9 Å². The first-order valence-corrected chi connectivity index (χ1v) is 13.1. The van der Waals surface area contributed by atoms with Gasteiger partial charge in [0.05, 0.1) is 27.4 Å². The number of rotatable bonds is 8. The second-order valence-electron chi connectivity index (χ2n) is 9.15. The van der Waals surface area contributed by atoms with E-state index in [1.54, 1.807) is 0 Å². The first-order chi connectivity index (χ1) is 19.9. The van der Waals surface area contributed by atoms with Crippen LogP contribution in [-0.4, -0.2) is 62.9 Å². The van der Waals surface area contributed by atoms with Crippen LogP contribution in [-0.2, 0) is 9.59 Å². The lowest BCUT2D eigenvalue weighted by molar-refractivity contribution is -0.384. The van der Waals surface area contributed by atoms with Crippen LogP contribution in [0.4, 0.5) is 20.6 Å². The molecule has 0 saturated carbocycles. The molecule has 0 radical (unpaired) electrons. The van der Waals surface area contributed by atoms with E-state index >= 15 is 0 Å². The van der Waals surface area contributed by atoms with Gasteiger partial charge in [0.2, 0.25) is 0 Å². The number of nitrogens with one attached hydrogen (secondary N) is 2. The number of nitrogens with zero attached hydrogens (tertiary/aromatic N) is 3. The zero-order valence-electron chi connectivity index (χ0n) is 21.5. The second kappa shape index (κ2) is 12.8. The molecule has 1 fully saturated rings. The van der Waals surface area contributed by atoms with Gasteiger partial charge in [0.1, 0.15) is 5.82 Å². The first-order valence-electron chi connectivity index (χ1n) is 12.3. The van der Waals surface area contributed by atoms with E-state index in [2.05, 4.69) is 10.6 Å². The van der Waals surface area contributed by atoms with Crippen LogP contribution in [0.5, 0.6) is 0 Å². The summed E-state index contributed by atoms with van der Waals surface area (Å²) in [5.74, 6) is -3.72. The van der Waals surface area contributed by atoms with Crippen LogP contribution in [0.15, 0.2) is 66.7 Å². The minimum atomic E-state index is -1.60. The number of urea groups is 1. The van der Waals surface area contributed by atoms with E-state index < -0.39 is 53.2 Å². The van der Waals surface area contributed by atoms with Gasteiger partial charge in [-0.3, -0.25) is 29.4 Å². The molecule has 42 heavy (non-hydrogen) atoms. The molecule has 2 unspecified atom stereocenters. The summed E-state index contributed by atoms with van der Waals surface area (Å²) < 4.78 is 13.9. The van der Waals surface area contributed by atoms with E-state index in [0.29, 0.717) is 0 Å². The van der Waals surface area contributed by atoms with E-state index in [1.165, 1.54) is 48.5 Å². The summed E-state index contributed by atoms with van der Waals surface area (Å²) in [6, 6.07) is 12.1. The van der Waals surface area contributed by atoms with Gasteiger partial charge in [-0.1, -0.05) is 41.4 Å². The van der Waals surface area contributed by atoms with Crippen molar-refractivity contribution in [2.24, 2.45) is 0 Å². The van der Waals surface area contributed by atoms with Gasteiger partial charge >= 0.3 is 12.0 Å². The fourth-order valence-corrected chi connectivity index (χ4v) is 4.72. The Hall–Kier alpha value is -4.75. The molecule has 1 aliphatic rings. The quantitative estimate of drug-likeness (QED) is 0.244. The van der Waals surface area contributed by atoms with Crippen LogP contribution in [0.1, 0.15) is 28.4 Å². The van der Waals surface area contributed by atoms with Gasteiger partial charge in [-0.05, 0) is 42.0 Å². The molecule has 4 rings (SSSR count). The van der Waals surface area contributed by atoms with Crippen molar-refractivity contribution in [2.75, 3.05) is 18.4 Å². The molecular formula is C27H22Cl2FN5O7. The van der Waals surface area contributed by atoms with Gasteiger partial charge in [-0.2, -0.15) is 0 Å². The van der Waals surface area contributed by atoms with Crippen molar-refractivity contribution >= 4 is 58.4 Å². The molecule has 218 valence electrons. The smallest absolute Gasteiger partial charge is 0.323 e. The number of nitro benzene ring substituents is 1. The Morgan fingerprint density at radius 3 is 2.38 bits per heavy atom. The number of hydrogen-bond donors (Lipinski definition) is 3. The summed E-state index contributed by atoms with van der Waals surface area (Å²) >= 11 is 12.0. The maximum Gasteiger partial charge on any atom is 0.323 e. The van der Waals surface area contributed by atoms with Crippen LogP contribution in [0.2, 0.25) is 10.0 Å². The zero-order valence-corrected chi connectivity index (χ0v) is 23.0. The molecular weight excluding hydrogens is 596 g/mol. The average molecular weight is 618 g/mol. The van der Waals surface area contributed by atoms with Gasteiger partial charge in [0.15, 0.2) is 6.17 Å². The SMILES string of the molecule is O=C(O)CC(NC(=O)C1N(C(=O)Nc2ccc(Cl)c(Cl)c2)CCN1C(=O)c1cccc(F)c1)c1cccc([N+](=O)[O-])c1. The van der Waals surface area contributed by atoms with Crippen molar-refractivity contribution in [1.29, 1.82) is 0 Å². The van der Waals surface area contributed by atoms with E-state index in [-0.39, 0.29) is 45.6 Å². The summed E-state index contributed by atoms with van der Waals surface area (Å²) in [6.07, 6.45) is -2.26. The van der Waals surface area contributed by atoms with E-state index in [1.807, 2.05) is 0 Å². The molecule has 2 atom stereocenters. The number of benzene rings is 3. The Morgan fingerprint density at radius 2 is 1.71 bits per heavy atom. The average Bonchev–Trinajstić information content (AvgIpc) is 3.40. The third kappa shape index (κ3) is 6.93. The predicted octanol–water partition coefficient (Wildman–Crippen LogP) is 4.69. The van der Waals surface area contributed by atoms with Crippen molar-refractivity contribution in [3.05, 3.63) is 104 Å². The highest BCUT2D eigenvalue weighted by Gasteiger charge is 2.44. The summed E-state index contributed by atoms with van der Waals surface area (Å²) in [5, 5.41) is 26.3. The lowest BCUT2D eigenvalue weighted by Gasteiger charge is -2.31. The molecule has 1 saturated heterocycles. The van der Waals surface area contributed by atoms with Gasteiger partial charge in [-0.15, -0.1) is 0 Å². The van der Waals surface area contributed by atoms with Crippen molar-refractivity contribution in [1.82, 2.24) is 15.1 Å². The topological polar surface area (TPSA) is 162 Å². The molecule has 4 amide bonds. The summed E-state index contributed by atoms with van der Waals surface area (Å²) in [4.78, 5) is 64.8. The second-order valence-corrected chi connectivity index (χ2v) is 9.96. The van der Waals surface area contributed by atoms with Crippen molar-refractivity contribution in [3.63, 3.8) is 0 Å². The highest BCUT2D eigenvalue weighted by atomic mass is 35.5. The third-order valence-electron chi connectivity index (χ3n) is 6.35. The normalized spacial score (nSPS) is 15.2. The number of hydrogen-bond acceptors (Lipinski definition) is 6. The number of nitro groups is 1. The van der Waals surface area contributed by atoms with Crippen LogP contribution >= 0.6 is 23.2 Å². The maximum atomic E-state index is 13.9. The van der Waals surface area contributed by atoms with Crippen LogP contribution < -0.4 is 10.6 Å². The zero-order chi connectivity index (χ0) is 30.6. The number of carboxylic acid groups (broad SMARTS) is 1. The number of carbonyl (C=O) groups is 4. The fourth-order valence-electron chi connectivity index (χ4n) is 4.42. The largest absolute Gasteiger partial charge is 0.481 e. The molecule has 0 bridgehead atoms. The number of carbonyl (C=O) groups excluding carboxylic acids is 3. The number of amides is 4.